The molecule has 7 heteroatoms. The maximum Gasteiger partial charge on any atom is 0.252 e. The lowest BCUT2D eigenvalue weighted by molar-refractivity contribution is -0.116. The van der Waals surface area contributed by atoms with Crippen LogP contribution in [-0.4, -0.2) is 20.3 Å². The van der Waals surface area contributed by atoms with Crippen molar-refractivity contribution in [2.24, 2.45) is 0 Å². The molecule has 2 heterocycles. The van der Waals surface area contributed by atoms with Crippen LogP contribution in [0.2, 0.25) is 5.02 Å². The van der Waals surface area contributed by atoms with Crippen LogP contribution in [-0.2, 0) is 11.3 Å². The molecule has 4 rings (SSSR count). The number of pyridine rings is 1. The number of carbonyl (C=O) groups is 1. The van der Waals surface area contributed by atoms with Gasteiger partial charge < -0.3 is 5.32 Å². The summed E-state index contributed by atoms with van der Waals surface area (Å²) in [6.07, 6.45) is 0. The minimum Gasteiger partial charge on any atom is -0.324 e. The molecule has 0 fully saturated rings. The Bertz CT molecular complexity index is 1430. The highest BCUT2D eigenvalue weighted by Gasteiger charge is 2.20. The quantitative estimate of drug-likeness (QED) is 0.476. The number of amides is 1. The highest BCUT2D eigenvalue weighted by atomic mass is 35.5. The normalized spacial score (nSPS) is 11.2. The van der Waals surface area contributed by atoms with Gasteiger partial charge in [-0.25, -0.2) is 4.68 Å². The van der Waals surface area contributed by atoms with Crippen molar-refractivity contribution in [1.29, 1.82) is 0 Å². The van der Waals surface area contributed by atoms with Gasteiger partial charge in [-0.05, 0) is 75.1 Å². The first-order valence-electron chi connectivity index (χ1n) is 10.4. The number of nitrogens with one attached hydrogen (secondary N) is 1. The Morgan fingerprint density at radius 1 is 1.00 bits per heavy atom. The van der Waals surface area contributed by atoms with Gasteiger partial charge in [0.15, 0.2) is 0 Å². The van der Waals surface area contributed by atoms with Crippen LogP contribution in [0.5, 0.6) is 0 Å². The molecule has 0 radical (unpaired) electrons. The van der Waals surface area contributed by atoms with Gasteiger partial charge in [-0.15, -0.1) is 0 Å². The van der Waals surface area contributed by atoms with Crippen LogP contribution in [0.4, 0.5) is 5.69 Å². The Morgan fingerprint density at radius 3 is 2.47 bits per heavy atom. The van der Waals surface area contributed by atoms with Crippen molar-refractivity contribution in [3.05, 3.63) is 85.8 Å². The summed E-state index contributed by atoms with van der Waals surface area (Å²) < 4.78 is 3.19. The summed E-state index contributed by atoms with van der Waals surface area (Å²) in [5.41, 5.74) is 6.35. The number of halogens is 1. The van der Waals surface area contributed by atoms with E-state index in [0.717, 1.165) is 44.7 Å². The summed E-state index contributed by atoms with van der Waals surface area (Å²) in [4.78, 5) is 26.0. The average Bonchev–Trinajstić information content (AvgIpc) is 3.08. The Kier molecular flexibility index (Phi) is 5.65. The second-order valence-corrected chi connectivity index (χ2v) is 8.53. The molecule has 0 saturated carbocycles. The van der Waals surface area contributed by atoms with E-state index in [1.54, 1.807) is 10.7 Å². The first-order chi connectivity index (χ1) is 15.2. The van der Waals surface area contributed by atoms with Crippen LogP contribution >= 0.6 is 11.6 Å². The monoisotopic (exact) mass is 448 g/mol. The summed E-state index contributed by atoms with van der Waals surface area (Å²) in [6.45, 7) is 9.51. The average molecular weight is 449 g/mol. The van der Waals surface area contributed by atoms with E-state index < -0.39 is 0 Å². The van der Waals surface area contributed by atoms with Crippen molar-refractivity contribution >= 4 is 34.2 Å². The number of hydrogen-bond acceptors (Lipinski definition) is 3. The highest BCUT2D eigenvalue weighted by molar-refractivity contribution is 6.31. The van der Waals surface area contributed by atoms with E-state index >= 15 is 0 Å². The Morgan fingerprint density at radius 2 is 1.72 bits per heavy atom. The zero-order valence-corrected chi connectivity index (χ0v) is 19.5. The van der Waals surface area contributed by atoms with Crippen molar-refractivity contribution in [2.75, 3.05) is 5.32 Å². The summed E-state index contributed by atoms with van der Waals surface area (Å²) in [7, 11) is 0. The molecule has 0 atom stereocenters. The topological polar surface area (TPSA) is 68.9 Å². The number of benzene rings is 2. The SMILES string of the molecule is Cc1cccc(NC(=O)Cn2c(=O)cc(C)c3c(C)nn(-c4cccc(Cl)c4C)c32)c1C. The summed E-state index contributed by atoms with van der Waals surface area (Å²) in [5.74, 6) is -0.279. The zero-order valence-electron chi connectivity index (χ0n) is 18.8. The van der Waals surface area contributed by atoms with Crippen molar-refractivity contribution in [1.82, 2.24) is 14.3 Å². The number of anilines is 1. The van der Waals surface area contributed by atoms with Gasteiger partial charge in [0, 0.05) is 22.2 Å². The van der Waals surface area contributed by atoms with Gasteiger partial charge in [0.25, 0.3) is 5.56 Å². The molecule has 6 nitrogen and oxygen atoms in total. The molecule has 2 aromatic heterocycles. The lowest BCUT2D eigenvalue weighted by Crippen LogP contribution is -2.29. The van der Waals surface area contributed by atoms with Gasteiger partial charge in [0.05, 0.1) is 11.4 Å². The minimum absolute atomic E-state index is 0.131. The molecular weight excluding hydrogens is 424 g/mol. The highest BCUT2D eigenvalue weighted by Crippen LogP contribution is 2.28. The fourth-order valence-electron chi connectivity index (χ4n) is 4.03. The minimum atomic E-state index is -0.279. The number of aromatic nitrogens is 3. The van der Waals surface area contributed by atoms with E-state index in [4.69, 9.17) is 16.7 Å². The molecule has 1 amide bonds. The predicted molar refractivity (Wildman–Crippen MR) is 129 cm³/mol. The van der Waals surface area contributed by atoms with Gasteiger partial charge >= 0.3 is 0 Å². The third-order valence-corrected chi connectivity index (χ3v) is 6.35. The largest absolute Gasteiger partial charge is 0.324 e. The maximum atomic E-state index is 13.0. The standard InChI is InChI=1S/C25H25ClN4O2/c1-14-8-6-10-20(16(14)3)27-22(31)13-29-23(32)12-15(2)24-18(5)28-30(25(24)29)21-11-7-9-19(26)17(21)4/h6-12H,13H2,1-5H3,(H,27,31). The van der Waals surface area contributed by atoms with Crippen LogP contribution in [0.1, 0.15) is 27.9 Å². The maximum absolute atomic E-state index is 13.0. The molecule has 32 heavy (non-hydrogen) atoms. The lowest BCUT2D eigenvalue weighted by Gasteiger charge is -2.15. The fraction of sp³-hybridized carbons (Fsp3) is 0.240. The smallest absolute Gasteiger partial charge is 0.252 e. The molecule has 0 bridgehead atoms. The van der Waals surface area contributed by atoms with E-state index in [-0.39, 0.29) is 18.0 Å². The van der Waals surface area contributed by atoms with Crippen molar-refractivity contribution < 1.29 is 4.79 Å². The third-order valence-electron chi connectivity index (χ3n) is 5.94. The predicted octanol–water partition coefficient (Wildman–Crippen LogP) is 5.02. The molecule has 164 valence electrons. The molecule has 1 N–H and O–H groups in total. The van der Waals surface area contributed by atoms with E-state index in [1.807, 2.05) is 71.0 Å². The number of fused-ring (bicyclic) bond motifs is 1. The fourth-order valence-corrected chi connectivity index (χ4v) is 4.20. The first kappa shape index (κ1) is 21.8. The van der Waals surface area contributed by atoms with Crippen LogP contribution in [0.25, 0.3) is 16.7 Å². The van der Waals surface area contributed by atoms with Crippen molar-refractivity contribution in [2.45, 2.75) is 41.2 Å². The van der Waals surface area contributed by atoms with Crippen LogP contribution in [0.15, 0.2) is 47.3 Å². The summed E-state index contributed by atoms with van der Waals surface area (Å²) in [5, 5.41) is 9.11. The number of rotatable bonds is 4. The Hall–Kier alpha value is -3.38. The van der Waals surface area contributed by atoms with Crippen LogP contribution in [0.3, 0.4) is 0 Å². The van der Waals surface area contributed by atoms with Gasteiger partial charge in [-0.3, -0.25) is 14.2 Å². The lowest BCUT2D eigenvalue weighted by atomic mass is 10.1. The second kappa shape index (κ2) is 8.28. The summed E-state index contributed by atoms with van der Waals surface area (Å²) in [6, 6.07) is 12.9. The van der Waals surface area contributed by atoms with Gasteiger partial charge in [0.2, 0.25) is 5.91 Å². The number of nitrogens with zero attached hydrogens (tertiary/aromatic N) is 3. The molecule has 0 aliphatic carbocycles. The molecule has 0 aliphatic heterocycles. The molecule has 0 aliphatic rings. The molecule has 0 spiro atoms. The van der Waals surface area contributed by atoms with E-state index in [1.165, 1.54) is 4.57 Å². The van der Waals surface area contributed by atoms with Crippen LogP contribution in [0, 0.1) is 34.6 Å². The Labute approximate surface area is 191 Å². The molecule has 0 saturated heterocycles. The number of carbonyl (C=O) groups excluding carboxylic acids is 1. The molecule has 4 aromatic rings. The summed E-state index contributed by atoms with van der Waals surface area (Å²) >= 11 is 6.35. The van der Waals surface area contributed by atoms with Gasteiger partial charge in [0.1, 0.15) is 12.2 Å². The molecular formula is C25H25ClN4O2. The van der Waals surface area contributed by atoms with E-state index in [2.05, 4.69) is 5.32 Å². The van der Waals surface area contributed by atoms with Crippen molar-refractivity contribution in [3.63, 3.8) is 0 Å². The van der Waals surface area contributed by atoms with Crippen molar-refractivity contribution in [3.8, 4) is 5.69 Å². The number of hydrogen-bond donors (Lipinski definition) is 1. The van der Waals surface area contributed by atoms with E-state index in [9.17, 15) is 9.59 Å². The van der Waals surface area contributed by atoms with Gasteiger partial charge in [-0.1, -0.05) is 29.8 Å². The first-order valence-corrected chi connectivity index (χ1v) is 10.8. The molecule has 2 aromatic carbocycles. The van der Waals surface area contributed by atoms with E-state index in [0.29, 0.717) is 10.7 Å². The second-order valence-electron chi connectivity index (χ2n) is 8.13. The third kappa shape index (κ3) is 3.71. The Balaban J connectivity index is 1.86. The number of aryl methyl sites for hydroxylation is 3. The van der Waals surface area contributed by atoms with Gasteiger partial charge in [-0.2, -0.15) is 5.10 Å². The van der Waals surface area contributed by atoms with Crippen LogP contribution < -0.4 is 10.9 Å². The molecule has 0 unspecified atom stereocenters. The zero-order chi connectivity index (χ0) is 23.2.